The fraction of sp³-hybridized carbons (Fsp3) is 0.154. The second-order valence-corrected chi connectivity index (χ2v) is 3.63. The van der Waals surface area contributed by atoms with Crippen LogP contribution in [0.5, 0.6) is 0 Å². The normalized spacial score (nSPS) is 12.1. The van der Waals surface area contributed by atoms with Gasteiger partial charge in [-0.25, -0.2) is 4.39 Å². The zero-order valence-electron chi connectivity index (χ0n) is 9.02. The van der Waals surface area contributed by atoms with Crippen LogP contribution in [0.4, 0.5) is 10.1 Å². The molecule has 0 radical (unpaired) electrons. The van der Waals surface area contributed by atoms with E-state index in [0.717, 1.165) is 11.4 Å². The number of para-hydroxylation sites is 1. The van der Waals surface area contributed by atoms with Gasteiger partial charge in [0, 0.05) is 5.69 Å². The molecule has 3 heteroatoms. The van der Waals surface area contributed by atoms with Crippen molar-refractivity contribution in [2.75, 3.05) is 5.32 Å². The Morgan fingerprint density at radius 1 is 1.12 bits per heavy atom. The van der Waals surface area contributed by atoms with E-state index in [0.29, 0.717) is 0 Å². The molecule has 1 atom stereocenters. The Morgan fingerprint density at radius 2 is 1.88 bits per heavy atom. The number of halogens is 1. The number of nitrogens with one attached hydrogen (secondary N) is 1. The van der Waals surface area contributed by atoms with Crippen molar-refractivity contribution in [2.45, 2.75) is 13.0 Å². The van der Waals surface area contributed by atoms with E-state index < -0.39 is 0 Å². The molecule has 0 bridgehead atoms. The van der Waals surface area contributed by atoms with E-state index in [2.05, 4.69) is 10.3 Å². The molecule has 1 heterocycles. The summed E-state index contributed by atoms with van der Waals surface area (Å²) in [4.78, 5) is 4.04. The van der Waals surface area contributed by atoms with Gasteiger partial charge in [-0.15, -0.1) is 0 Å². The number of aromatic nitrogens is 1. The molecule has 0 amide bonds. The average molecular weight is 216 g/mol. The molecule has 2 nitrogen and oxygen atoms in total. The van der Waals surface area contributed by atoms with Crippen LogP contribution in [0.3, 0.4) is 0 Å². The fourth-order valence-corrected chi connectivity index (χ4v) is 1.50. The van der Waals surface area contributed by atoms with Gasteiger partial charge in [0.05, 0.1) is 17.9 Å². The first-order valence-corrected chi connectivity index (χ1v) is 5.19. The maximum atomic E-state index is 12.7. The van der Waals surface area contributed by atoms with Gasteiger partial charge in [-0.05, 0) is 31.2 Å². The predicted octanol–water partition coefficient (Wildman–Crippen LogP) is 3.39. The molecule has 1 aromatic heterocycles. The van der Waals surface area contributed by atoms with Crippen LogP contribution in [0.25, 0.3) is 0 Å². The van der Waals surface area contributed by atoms with Gasteiger partial charge in [-0.2, -0.15) is 0 Å². The Hall–Kier alpha value is -1.90. The molecule has 16 heavy (non-hydrogen) atoms. The molecule has 1 unspecified atom stereocenters. The van der Waals surface area contributed by atoms with Gasteiger partial charge in [-0.1, -0.05) is 18.2 Å². The highest BCUT2D eigenvalue weighted by atomic mass is 19.1. The lowest BCUT2D eigenvalue weighted by molar-refractivity contribution is 0.617. The van der Waals surface area contributed by atoms with Crippen molar-refractivity contribution in [3.63, 3.8) is 0 Å². The second-order valence-electron chi connectivity index (χ2n) is 3.63. The number of hydrogen-bond donors (Lipinski definition) is 1. The van der Waals surface area contributed by atoms with Gasteiger partial charge in [0.1, 0.15) is 5.82 Å². The van der Waals surface area contributed by atoms with Crippen molar-refractivity contribution in [3.05, 3.63) is 60.2 Å². The minimum absolute atomic E-state index is 0.0583. The summed E-state index contributed by atoms with van der Waals surface area (Å²) in [5.74, 6) is -0.310. The van der Waals surface area contributed by atoms with Crippen molar-refractivity contribution in [1.29, 1.82) is 0 Å². The van der Waals surface area contributed by atoms with E-state index in [-0.39, 0.29) is 11.9 Å². The number of pyridine rings is 1. The third-order valence-electron chi connectivity index (χ3n) is 2.35. The summed E-state index contributed by atoms with van der Waals surface area (Å²) >= 11 is 0. The summed E-state index contributed by atoms with van der Waals surface area (Å²) in [5.41, 5.74) is 1.85. The molecular weight excluding hydrogens is 203 g/mol. The molecule has 0 aliphatic rings. The van der Waals surface area contributed by atoms with Crippen molar-refractivity contribution in [3.8, 4) is 0 Å². The zero-order chi connectivity index (χ0) is 11.4. The van der Waals surface area contributed by atoms with Gasteiger partial charge < -0.3 is 5.32 Å². The van der Waals surface area contributed by atoms with Crippen LogP contribution in [-0.4, -0.2) is 4.98 Å². The van der Waals surface area contributed by atoms with Crippen LogP contribution in [0.2, 0.25) is 0 Å². The first-order valence-electron chi connectivity index (χ1n) is 5.19. The molecule has 0 aliphatic carbocycles. The molecule has 0 spiro atoms. The third kappa shape index (κ3) is 2.57. The molecule has 0 saturated carbocycles. The van der Waals surface area contributed by atoms with Gasteiger partial charge in [-0.3, -0.25) is 4.98 Å². The Balaban J connectivity index is 2.09. The topological polar surface area (TPSA) is 24.9 Å². The summed E-state index contributed by atoms with van der Waals surface area (Å²) in [5, 5.41) is 3.29. The Bertz CT molecular complexity index is 439. The van der Waals surface area contributed by atoms with Crippen LogP contribution in [-0.2, 0) is 0 Å². The SMILES string of the molecule is CC(Nc1ccccc1)c1ccc(F)cn1. The lowest BCUT2D eigenvalue weighted by Gasteiger charge is -2.14. The first kappa shape index (κ1) is 10.6. The van der Waals surface area contributed by atoms with E-state index in [9.17, 15) is 4.39 Å². The number of nitrogens with zero attached hydrogens (tertiary/aromatic N) is 1. The van der Waals surface area contributed by atoms with Crippen molar-refractivity contribution in [2.24, 2.45) is 0 Å². The summed E-state index contributed by atoms with van der Waals surface area (Å²) < 4.78 is 12.7. The predicted molar refractivity (Wildman–Crippen MR) is 62.7 cm³/mol. The van der Waals surface area contributed by atoms with E-state index in [1.807, 2.05) is 37.3 Å². The molecule has 0 saturated heterocycles. The lowest BCUT2D eigenvalue weighted by atomic mass is 10.2. The molecule has 2 rings (SSSR count). The molecular formula is C13H13FN2. The largest absolute Gasteiger partial charge is 0.377 e. The molecule has 0 aliphatic heterocycles. The zero-order valence-corrected chi connectivity index (χ0v) is 9.02. The number of benzene rings is 1. The summed E-state index contributed by atoms with van der Waals surface area (Å²) in [7, 11) is 0. The van der Waals surface area contributed by atoms with Crippen molar-refractivity contribution < 1.29 is 4.39 Å². The van der Waals surface area contributed by atoms with Crippen LogP contribution < -0.4 is 5.32 Å². The molecule has 82 valence electrons. The highest BCUT2D eigenvalue weighted by Crippen LogP contribution is 2.16. The second kappa shape index (κ2) is 4.75. The van der Waals surface area contributed by atoms with Crippen LogP contribution in [0, 0.1) is 5.82 Å². The van der Waals surface area contributed by atoms with Gasteiger partial charge in [0.25, 0.3) is 0 Å². The summed E-state index contributed by atoms with van der Waals surface area (Å²) in [6.45, 7) is 1.99. The highest BCUT2D eigenvalue weighted by molar-refractivity contribution is 5.44. The minimum Gasteiger partial charge on any atom is -0.377 e. The first-order chi connectivity index (χ1) is 7.75. The maximum Gasteiger partial charge on any atom is 0.141 e. The Morgan fingerprint density at radius 3 is 2.50 bits per heavy atom. The third-order valence-corrected chi connectivity index (χ3v) is 2.35. The molecule has 1 N–H and O–H groups in total. The Labute approximate surface area is 94.2 Å². The van der Waals surface area contributed by atoms with Crippen molar-refractivity contribution in [1.82, 2.24) is 4.98 Å². The van der Waals surface area contributed by atoms with Crippen molar-refractivity contribution >= 4 is 5.69 Å². The maximum absolute atomic E-state index is 12.7. The molecule has 2 aromatic rings. The minimum atomic E-state index is -0.310. The summed E-state index contributed by atoms with van der Waals surface area (Å²) in [6, 6.07) is 13.0. The van der Waals surface area contributed by atoms with E-state index >= 15 is 0 Å². The highest BCUT2D eigenvalue weighted by Gasteiger charge is 2.06. The number of hydrogen-bond acceptors (Lipinski definition) is 2. The number of anilines is 1. The monoisotopic (exact) mass is 216 g/mol. The van der Waals surface area contributed by atoms with E-state index in [4.69, 9.17) is 0 Å². The average Bonchev–Trinajstić information content (AvgIpc) is 2.31. The van der Waals surface area contributed by atoms with Gasteiger partial charge in [0.2, 0.25) is 0 Å². The van der Waals surface area contributed by atoms with Gasteiger partial charge >= 0.3 is 0 Å². The quantitative estimate of drug-likeness (QED) is 0.850. The Kier molecular flexibility index (Phi) is 3.15. The molecule has 1 aromatic carbocycles. The van der Waals surface area contributed by atoms with Crippen LogP contribution >= 0.6 is 0 Å². The van der Waals surface area contributed by atoms with E-state index in [1.54, 1.807) is 6.07 Å². The lowest BCUT2D eigenvalue weighted by Crippen LogP contribution is -2.08. The summed E-state index contributed by atoms with van der Waals surface area (Å²) in [6.07, 6.45) is 1.23. The number of rotatable bonds is 3. The van der Waals surface area contributed by atoms with E-state index in [1.165, 1.54) is 12.3 Å². The van der Waals surface area contributed by atoms with Crippen LogP contribution in [0.1, 0.15) is 18.7 Å². The van der Waals surface area contributed by atoms with Crippen LogP contribution in [0.15, 0.2) is 48.7 Å². The molecule has 0 fully saturated rings. The smallest absolute Gasteiger partial charge is 0.141 e. The fourth-order valence-electron chi connectivity index (χ4n) is 1.50. The standard InChI is InChI=1S/C13H13FN2/c1-10(13-8-7-11(14)9-15-13)16-12-5-3-2-4-6-12/h2-10,16H,1H3. The van der Waals surface area contributed by atoms with Gasteiger partial charge in [0.15, 0.2) is 0 Å².